The second-order valence-corrected chi connectivity index (χ2v) is 13.9. The van der Waals surface area contributed by atoms with Crippen molar-refractivity contribution in [3.8, 4) is 5.75 Å². The molecule has 0 unspecified atom stereocenters. The van der Waals surface area contributed by atoms with E-state index in [9.17, 15) is 45.0 Å². The number of rotatable bonds is 8. The average Bonchev–Trinajstić information content (AvgIpc) is 2.88. The van der Waals surface area contributed by atoms with E-state index in [1.165, 1.54) is 18.2 Å². The Morgan fingerprint density at radius 2 is 1.52 bits per heavy atom. The quantitative estimate of drug-likeness (QED) is 0.0817. The van der Waals surface area contributed by atoms with Crippen molar-refractivity contribution >= 4 is 75.1 Å². The summed E-state index contributed by atoms with van der Waals surface area (Å²) in [5.74, 6) is -0.442. The van der Waals surface area contributed by atoms with Crippen LogP contribution in [0.5, 0.6) is 5.75 Å². The molecule has 19 heteroatoms. The van der Waals surface area contributed by atoms with Gasteiger partial charge >= 0.3 is 29.6 Å². The van der Waals surface area contributed by atoms with Gasteiger partial charge in [0.1, 0.15) is 16.3 Å². The number of phenols is 1. The number of fused-ring (bicyclic) bond motifs is 1. The molecule has 0 bridgehead atoms. The van der Waals surface area contributed by atoms with Gasteiger partial charge in [-0.2, -0.15) is 8.42 Å². The van der Waals surface area contributed by atoms with Gasteiger partial charge in [0, 0.05) is 29.2 Å². The number of benzene rings is 4. The number of sulfone groups is 1. The number of nitro groups is 1. The largest absolute Gasteiger partial charge is 1.00 e. The number of hydrogen-bond donors (Lipinski definition) is 3. The normalized spacial score (nSPS) is 12.3. The number of nitro benzene ring substituents is 1. The van der Waals surface area contributed by atoms with Crippen LogP contribution < -0.4 is 34.3 Å². The molecule has 0 aliphatic carbocycles. The van der Waals surface area contributed by atoms with Crippen LogP contribution in [0.4, 0.5) is 22.7 Å². The van der Waals surface area contributed by atoms with E-state index in [1.807, 2.05) is 0 Å². The number of nitrogens with one attached hydrogen (secondary N) is 1. The van der Waals surface area contributed by atoms with Crippen molar-refractivity contribution in [2.75, 3.05) is 11.0 Å². The molecule has 0 aliphatic rings. The third-order valence-corrected chi connectivity index (χ3v) is 9.17. The zero-order valence-electron chi connectivity index (χ0n) is 22.5. The molecule has 0 aliphatic heterocycles. The molecule has 4 aromatic rings. The van der Waals surface area contributed by atoms with Gasteiger partial charge in [-0.1, -0.05) is 29.8 Å². The first-order valence-electron chi connectivity index (χ1n) is 10.9. The third kappa shape index (κ3) is 7.07. The van der Waals surface area contributed by atoms with Gasteiger partial charge in [-0.25, -0.2) is 16.8 Å². The number of anilines is 1. The second-order valence-electron chi connectivity index (χ2n) is 8.39. The first-order valence-corrected chi connectivity index (χ1v) is 16.1. The predicted molar refractivity (Wildman–Crippen MR) is 149 cm³/mol. The van der Waals surface area contributed by atoms with Crippen LogP contribution in [0, 0.1) is 10.1 Å². The monoisotopic (exact) mass is 664 g/mol. The van der Waals surface area contributed by atoms with Crippen LogP contribution in [0.2, 0.25) is 5.02 Å². The van der Waals surface area contributed by atoms with Gasteiger partial charge in [0.25, 0.3) is 25.8 Å². The molecule has 0 spiro atoms. The number of aromatic hydroxyl groups is 1. The second kappa shape index (κ2) is 12.2. The van der Waals surface area contributed by atoms with Crippen LogP contribution in [0.15, 0.2) is 91.6 Å². The van der Waals surface area contributed by atoms with Crippen molar-refractivity contribution in [2.45, 2.75) is 14.7 Å². The molecule has 216 valence electrons. The Bertz CT molecular complexity index is 2110. The maximum absolute atomic E-state index is 13.2. The van der Waals surface area contributed by atoms with Crippen molar-refractivity contribution < 1.29 is 70.8 Å². The van der Waals surface area contributed by atoms with Gasteiger partial charge in [0.2, 0.25) is 0 Å². The molecule has 0 atom stereocenters. The van der Waals surface area contributed by atoms with Gasteiger partial charge < -0.3 is 6.53 Å². The SMILES string of the molecule is CS(=O)(=O)c1cc([N+](=O)[O-])ccc1N=Nc1cc(Cl)c(O)c2cccc(NS(=O)(=O)c3cccc(S(=O)(=O)O)c3)c12.[H-].[Na+]. The van der Waals surface area contributed by atoms with Crippen molar-refractivity contribution in [3.05, 3.63) is 81.9 Å². The van der Waals surface area contributed by atoms with E-state index >= 15 is 0 Å². The Balaban J connectivity index is 0.00000323. The third-order valence-electron chi connectivity index (χ3n) is 5.54. The first-order chi connectivity index (χ1) is 19.0. The van der Waals surface area contributed by atoms with Gasteiger partial charge in [-0.3, -0.25) is 19.4 Å². The average molecular weight is 665 g/mol. The van der Waals surface area contributed by atoms with Crippen molar-refractivity contribution in [1.29, 1.82) is 0 Å². The molecule has 4 aromatic carbocycles. The summed E-state index contributed by atoms with van der Waals surface area (Å²) < 4.78 is 85.4. The number of halogens is 1. The number of azo groups is 1. The summed E-state index contributed by atoms with van der Waals surface area (Å²) in [5.41, 5.74) is -1.06. The summed E-state index contributed by atoms with van der Waals surface area (Å²) in [7, 11) is -13.2. The molecule has 42 heavy (non-hydrogen) atoms. The number of nitrogens with zero attached hydrogens (tertiary/aromatic N) is 3. The zero-order chi connectivity index (χ0) is 30.3. The van der Waals surface area contributed by atoms with Crippen LogP contribution in [0.3, 0.4) is 0 Å². The van der Waals surface area contributed by atoms with E-state index in [4.69, 9.17) is 11.6 Å². The summed E-state index contributed by atoms with van der Waals surface area (Å²) in [6, 6.07) is 12.0. The number of phenolic OH excluding ortho intramolecular Hbond substituents is 1. The van der Waals surface area contributed by atoms with E-state index in [1.54, 1.807) is 0 Å². The molecule has 0 aromatic heterocycles. The zero-order valence-corrected chi connectivity index (χ0v) is 26.7. The Morgan fingerprint density at radius 3 is 2.14 bits per heavy atom. The number of sulfonamides is 1. The van der Waals surface area contributed by atoms with Gasteiger partial charge in [-0.15, -0.1) is 10.2 Å². The maximum atomic E-state index is 13.2. The topological polar surface area (TPSA) is 223 Å². The minimum atomic E-state index is -4.71. The van der Waals surface area contributed by atoms with Gasteiger partial charge in [0.05, 0.1) is 31.1 Å². The van der Waals surface area contributed by atoms with E-state index in [2.05, 4.69) is 15.0 Å². The smallest absolute Gasteiger partial charge is 1.00 e. The fourth-order valence-corrected chi connectivity index (χ4v) is 6.44. The summed E-state index contributed by atoms with van der Waals surface area (Å²) >= 11 is 6.13. The summed E-state index contributed by atoms with van der Waals surface area (Å²) in [6.45, 7) is 0. The Labute approximate surface area is 267 Å². The van der Waals surface area contributed by atoms with E-state index in [0.717, 1.165) is 54.8 Å². The van der Waals surface area contributed by atoms with Crippen molar-refractivity contribution in [2.24, 2.45) is 10.2 Å². The van der Waals surface area contributed by atoms with Crippen LogP contribution in [0.1, 0.15) is 1.43 Å². The van der Waals surface area contributed by atoms with Gasteiger partial charge in [0.15, 0.2) is 9.84 Å². The summed E-state index contributed by atoms with van der Waals surface area (Å²) in [4.78, 5) is 8.66. The fourth-order valence-electron chi connectivity index (χ4n) is 3.69. The molecule has 4 rings (SSSR count). The van der Waals surface area contributed by atoms with E-state index < -0.39 is 61.0 Å². The first kappa shape index (κ1) is 33.3. The Morgan fingerprint density at radius 1 is 0.905 bits per heavy atom. The molecule has 0 saturated carbocycles. The van der Waals surface area contributed by atoms with Crippen molar-refractivity contribution in [1.82, 2.24) is 0 Å². The molecule has 0 radical (unpaired) electrons. The molecular formula is C23H18ClN4NaO10S3. The van der Waals surface area contributed by atoms with Crippen LogP contribution in [0.25, 0.3) is 10.8 Å². The van der Waals surface area contributed by atoms with E-state index in [0.29, 0.717) is 0 Å². The maximum Gasteiger partial charge on any atom is 1.00 e. The number of hydrogen-bond acceptors (Lipinski definition) is 11. The number of non-ortho nitro benzene ring substituents is 1. The molecule has 0 amide bonds. The molecule has 0 heterocycles. The molecule has 3 N–H and O–H groups in total. The van der Waals surface area contributed by atoms with Crippen molar-refractivity contribution in [3.63, 3.8) is 0 Å². The minimum absolute atomic E-state index is 0. The molecular weight excluding hydrogens is 647 g/mol. The van der Waals surface area contributed by atoms with Crippen LogP contribution in [-0.2, 0) is 30.0 Å². The predicted octanol–water partition coefficient (Wildman–Crippen LogP) is 2.09. The Hall–Kier alpha value is -3.16. The summed E-state index contributed by atoms with van der Waals surface area (Å²) in [5, 5.41) is 29.4. The minimum Gasteiger partial charge on any atom is -1.00 e. The van der Waals surface area contributed by atoms with Crippen LogP contribution >= 0.6 is 11.6 Å². The molecule has 0 saturated heterocycles. The fraction of sp³-hybridized carbons (Fsp3) is 0.0435. The molecule has 0 fully saturated rings. The Kier molecular flexibility index (Phi) is 9.70. The van der Waals surface area contributed by atoms with E-state index in [-0.39, 0.29) is 63.8 Å². The van der Waals surface area contributed by atoms with Gasteiger partial charge in [-0.05, 0) is 36.4 Å². The van der Waals surface area contributed by atoms with Crippen LogP contribution in [-0.4, -0.2) is 46.1 Å². The molecule has 14 nitrogen and oxygen atoms in total. The standard InChI is InChI=1S/C23H17ClN4O10S3.Na.H/c1-39(32,33)21-10-13(28(30)31)8-9-18(21)25-26-20-12-17(24)23(29)16-6-3-7-19(22(16)20)27-40(34,35)14-4-2-5-15(11-14)41(36,37)38;;/h2-12,27,29H,1H3,(H,36,37,38);;/q;+1;-1. The summed E-state index contributed by atoms with van der Waals surface area (Å²) in [6.07, 6.45) is 0.821.